The van der Waals surface area contributed by atoms with Crippen LogP contribution in [0.4, 0.5) is 10.5 Å². The lowest BCUT2D eigenvalue weighted by molar-refractivity contribution is 0.0967. The van der Waals surface area contributed by atoms with Gasteiger partial charge in [0, 0.05) is 11.1 Å². The van der Waals surface area contributed by atoms with E-state index in [2.05, 4.69) is 10.6 Å². The molecular formula is C16H11ClN2O4S. The Bertz CT molecular complexity index is 983. The van der Waals surface area contributed by atoms with Gasteiger partial charge in [-0.3, -0.25) is 10.1 Å². The van der Waals surface area contributed by atoms with E-state index in [9.17, 15) is 18.0 Å². The van der Waals surface area contributed by atoms with Gasteiger partial charge in [-0.05, 0) is 35.9 Å². The van der Waals surface area contributed by atoms with Crippen LogP contribution in [0.25, 0.3) is 6.08 Å². The van der Waals surface area contributed by atoms with Crippen LogP contribution >= 0.6 is 11.6 Å². The van der Waals surface area contributed by atoms with E-state index in [4.69, 9.17) is 11.6 Å². The third-order valence-corrected chi connectivity index (χ3v) is 5.14. The first-order chi connectivity index (χ1) is 11.4. The van der Waals surface area contributed by atoms with Crippen molar-refractivity contribution in [2.45, 2.75) is 4.90 Å². The van der Waals surface area contributed by atoms with E-state index in [0.717, 1.165) is 5.41 Å². The van der Waals surface area contributed by atoms with Gasteiger partial charge in [0.15, 0.2) is 0 Å². The predicted molar refractivity (Wildman–Crippen MR) is 90.6 cm³/mol. The van der Waals surface area contributed by atoms with Crippen molar-refractivity contribution in [3.63, 3.8) is 0 Å². The number of hydrogen-bond donors (Lipinski definition) is 2. The van der Waals surface area contributed by atoms with Gasteiger partial charge in [0.2, 0.25) is 9.84 Å². The van der Waals surface area contributed by atoms with Crippen LogP contribution < -0.4 is 10.6 Å². The van der Waals surface area contributed by atoms with E-state index in [1.807, 2.05) is 0 Å². The molecule has 0 aliphatic carbocycles. The summed E-state index contributed by atoms with van der Waals surface area (Å²) in [4.78, 5) is 24.0. The number of rotatable bonds is 2. The lowest BCUT2D eigenvalue weighted by Crippen LogP contribution is -2.34. The molecule has 24 heavy (non-hydrogen) atoms. The minimum atomic E-state index is -3.47. The first-order valence-corrected chi connectivity index (χ1v) is 8.73. The summed E-state index contributed by atoms with van der Waals surface area (Å²) in [7, 11) is -3.47. The Balaban J connectivity index is 1.73. The number of halogens is 1. The Morgan fingerprint density at radius 2 is 1.79 bits per heavy atom. The zero-order valence-electron chi connectivity index (χ0n) is 12.1. The second kappa shape index (κ2) is 6.10. The van der Waals surface area contributed by atoms with Gasteiger partial charge in [0.05, 0.1) is 15.5 Å². The molecule has 0 saturated carbocycles. The first-order valence-electron chi connectivity index (χ1n) is 6.81. The second-order valence-electron chi connectivity index (χ2n) is 4.99. The second-order valence-corrected chi connectivity index (χ2v) is 7.20. The molecule has 1 aliphatic rings. The number of fused-ring (bicyclic) bond motifs is 1. The van der Waals surface area contributed by atoms with Gasteiger partial charge < -0.3 is 5.32 Å². The number of imide groups is 1. The Kier molecular flexibility index (Phi) is 4.13. The maximum Gasteiger partial charge on any atom is 0.326 e. The quantitative estimate of drug-likeness (QED) is 0.858. The lowest BCUT2D eigenvalue weighted by Gasteiger charge is -2.09. The van der Waals surface area contributed by atoms with Crippen molar-refractivity contribution in [2.75, 3.05) is 5.32 Å². The molecule has 0 atom stereocenters. The molecular weight excluding hydrogens is 352 g/mol. The van der Waals surface area contributed by atoms with E-state index in [1.165, 1.54) is 24.3 Å². The van der Waals surface area contributed by atoms with Crippen molar-refractivity contribution in [2.24, 2.45) is 0 Å². The first kappa shape index (κ1) is 16.2. The molecule has 0 aromatic heterocycles. The van der Waals surface area contributed by atoms with Crippen molar-refractivity contribution in [1.29, 1.82) is 0 Å². The number of urea groups is 1. The number of carbonyl (C=O) groups is 2. The van der Waals surface area contributed by atoms with Crippen molar-refractivity contribution in [3.05, 3.63) is 64.0 Å². The highest BCUT2D eigenvalue weighted by Crippen LogP contribution is 2.29. The summed E-state index contributed by atoms with van der Waals surface area (Å²) in [6.07, 6.45) is 1.48. The standard InChI is InChI=1S/C16H11ClN2O4S/c17-13-4-2-1-3-12(13)15(20)19-16(21)18-11-6-5-10-7-8-24(22,23)14(10)9-11/h1-9H,(H2,18,19,20,21). The predicted octanol–water partition coefficient (Wildman–Crippen LogP) is 3.06. The van der Waals surface area contributed by atoms with Crippen LogP contribution in [0.1, 0.15) is 15.9 Å². The Morgan fingerprint density at radius 3 is 2.54 bits per heavy atom. The molecule has 3 amide bonds. The number of sulfone groups is 1. The molecule has 0 radical (unpaired) electrons. The zero-order chi connectivity index (χ0) is 17.3. The fourth-order valence-electron chi connectivity index (χ4n) is 2.21. The minimum absolute atomic E-state index is 0.109. The van der Waals surface area contributed by atoms with Crippen LogP contribution in [0.2, 0.25) is 5.02 Å². The summed E-state index contributed by atoms with van der Waals surface area (Å²) >= 11 is 5.89. The minimum Gasteiger partial charge on any atom is -0.308 e. The number of carbonyl (C=O) groups excluding carboxylic acids is 2. The van der Waals surface area contributed by atoms with Crippen LogP contribution in [-0.4, -0.2) is 20.4 Å². The molecule has 3 rings (SSSR count). The highest BCUT2D eigenvalue weighted by molar-refractivity contribution is 7.94. The fourth-order valence-corrected chi connectivity index (χ4v) is 3.66. The van der Waals surface area contributed by atoms with Gasteiger partial charge in [-0.25, -0.2) is 13.2 Å². The maximum absolute atomic E-state index is 12.0. The molecule has 0 bridgehead atoms. The Morgan fingerprint density at radius 1 is 1.04 bits per heavy atom. The zero-order valence-corrected chi connectivity index (χ0v) is 13.7. The average molecular weight is 363 g/mol. The molecule has 122 valence electrons. The number of amides is 3. The molecule has 1 aliphatic heterocycles. The molecule has 1 heterocycles. The molecule has 2 aromatic carbocycles. The van der Waals surface area contributed by atoms with E-state index in [-0.39, 0.29) is 21.2 Å². The van der Waals surface area contributed by atoms with E-state index < -0.39 is 21.8 Å². The van der Waals surface area contributed by atoms with E-state index in [0.29, 0.717) is 5.56 Å². The summed E-state index contributed by atoms with van der Waals surface area (Å²) in [6.45, 7) is 0. The molecule has 0 spiro atoms. The normalized spacial score (nSPS) is 14.0. The highest BCUT2D eigenvalue weighted by atomic mass is 35.5. The van der Waals surface area contributed by atoms with Crippen molar-refractivity contribution in [1.82, 2.24) is 5.32 Å². The SMILES string of the molecule is O=C(NC(=O)c1ccccc1Cl)Nc1ccc2c(c1)S(=O)(=O)C=C2. The number of nitrogens with one attached hydrogen (secondary N) is 2. The van der Waals surface area contributed by atoms with Gasteiger partial charge >= 0.3 is 6.03 Å². The van der Waals surface area contributed by atoms with Crippen LogP contribution in [0.5, 0.6) is 0 Å². The molecule has 0 unspecified atom stereocenters. The monoisotopic (exact) mass is 362 g/mol. The van der Waals surface area contributed by atoms with Crippen LogP contribution in [0, 0.1) is 0 Å². The number of benzene rings is 2. The summed E-state index contributed by atoms with van der Waals surface area (Å²) in [5.74, 6) is -0.659. The summed E-state index contributed by atoms with van der Waals surface area (Å²) in [6, 6.07) is 9.97. The van der Waals surface area contributed by atoms with E-state index >= 15 is 0 Å². The smallest absolute Gasteiger partial charge is 0.308 e. The van der Waals surface area contributed by atoms with Gasteiger partial charge in [0.1, 0.15) is 0 Å². The number of anilines is 1. The topological polar surface area (TPSA) is 92.3 Å². The van der Waals surface area contributed by atoms with Gasteiger partial charge in [-0.15, -0.1) is 0 Å². The molecule has 0 fully saturated rings. The van der Waals surface area contributed by atoms with Crippen LogP contribution in [-0.2, 0) is 9.84 Å². The third-order valence-electron chi connectivity index (χ3n) is 3.35. The summed E-state index contributed by atoms with van der Waals surface area (Å²) < 4.78 is 23.6. The van der Waals surface area contributed by atoms with Crippen LogP contribution in [0.15, 0.2) is 52.8 Å². The van der Waals surface area contributed by atoms with Crippen molar-refractivity contribution < 1.29 is 18.0 Å². The van der Waals surface area contributed by atoms with Gasteiger partial charge in [-0.1, -0.05) is 29.8 Å². The molecule has 8 heteroatoms. The summed E-state index contributed by atoms with van der Waals surface area (Å²) in [5.41, 5.74) is 0.966. The van der Waals surface area contributed by atoms with E-state index in [1.54, 1.807) is 24.3 Å². The largest absolute Gasteiger partial charge is 0.326 e. The molecule has 6 nitrogen and oxygen atoms in total. The molecule has 2 aromatic rings. The van der Waals surface area contributed by atoms with Crippen molar-refractivity contribution >= 4 is 45.1 Å². The average Bonchev–Trinajstić information content (AvgIpc) is 2.83. The molecule has 0 saturated heterocycles. The van der Waals surface area contributed by atoms with Crippen molar-refractivity contribution in [3.8, 4) is 0 Å². The summed E-state index contributed by atoms with van der Waals surface area (Å²) in [5, 5.41) is 5.88. The lowest BCUT2D eigenvalue weighted by atomic mass is 10.2. The highest BCUT2D eigenvalue weighted by Gasteiger charge is 2.21. The Labute approximate surface area is 143 Å². The van der Waals surface area contributed by atoms with Crippen LogP contribution in [0.3, 0.4) is 0 Å². The molecule has 2 N–H and O–H groups in total. The third kappa shape index (κ3) is 3.17. The Hall–Kier alpha value is -2.64. The van der Waals surface area contributed by atoms with Gasteiger partial charge in [0.25, 0.3) is 5.91 Å². The fraction of sp³-hybridized carbons (Fsp3) is 0. The number of hydrogen-bond acceptors (Lipinski definition) is 4. The maximum atomic E-state index is 12.0. The van der Waals surface area contributed by atoms with Gasteiger partial charge in [-0.2, -0.15) is 0 Å².